The van der Waals surface area contributed by atoms with Crippen LogP contribution in [0.1, 0.15) is 36.4 Å². The number of halogens is 1. The van der Waals surface area contributed by atoms with Crippen LogP contribution in [0.15, 0.2) is 53.0 Å². The van der Waals surface area contributed by atoms with Crippen LogP contribution in [-0.4, -0.2) is 24.5 Å². The van der Waals surface area contributed by atoms with E-state index in [1.165, 1.54) is 5.56 Å². The van der Waals surface area contributed by atoms with Crippen molar-refractivity contribution in [3.8, 4) is 5.75 Å². The Labute approximate surface area is 151 Å². The maximum atomic E-state index is 12.8. The third-order valence-corrected chi connectivity index (χ3v) is 5.10. The third kappa shape index (κ3) is 3.81. The Morgan fingerprint density at radius 1 is 1.25 bits per heavy atom. The van der Waals surface area contributed by atoms with Crippen LogP contribution in [0, 0.1) is 0 Å². The molecule has 0 spiro atoms. The number of benzene rings is 2. The van der Waals surface area contributed by atoms with Gasteiger partial charge in [0.05, 0.1) is 13.2 Å². The Morgan fingerprint density at radius 3 is 2.88 bits per heavy atom. The summed E-state index contributed by atoms with van der Waals surface area (Å²) in [6.07, 6.45) is 3.34. The van der Waals surface area contributed by atoms with Gasteiger partial charge < -0.3 is 9.64 Å². The van der Waals surface area contributed by atoms with Crippen LogP contribution >= 0.6 is 15.9 Å². The summed E-state index contributed by atoms with van der Waals surface area (Å²) in [5, 5.41) is 0. The van der Waals surface area contributed by atoms with E-state index in [1.54, 1.807) is 7.11 Å². The highest BCUT2D eigenvalue weighted by molar-refractivity contribution is 9.10. The van der Waals surface area contributed by atoms with Gasteiger partial charge in [0.2, 0.25) is 5.91 Å². The smallest absolute Gasteiger partial charge is 0.223 e. The Balaban J connectivity index is 1.68. The predicted molar refractivity (Wildman–Crippen MR) is 99.1 cm³/mol. The van der Waals surface area contributed by atoms with E-state index in [-0.39, 0.29) is 11.9 Å². The second-order valence-corrected chi connectivity index (χ2v) is 7.03. The lowest BCUT2D eigenvalue weighted by Crippen LogP contribution is -2.30. The Morgan fingerprint density at radius 2 is 2.08 bits per heavy atom. The Kier molecular flexibility index (Phi) is 5.56. The van der Waals surface area contributed by atoms with Crippen LogP contribution in [0.3, 0.4) is 0 Å². The molecule has 1 fully saturated rings. The van der Waals surface area contributed by atoms with Gasteiger partial charge in [0.15, 0.2) is 0 Å². The van der Waals surface area contributed by atoms with Crippen LogP contribution in [0.25, 0.3) is 0 Å². The van der Waals surface area contributed by atoms with Gasteiger partial charge in [-0.1, -0.05) is 46.3 Å². The summed E-state index contributed by atoms with van der Waals surface area (Å²) in [5.74, 6) is 1.08. The van der Waals surface area contributed by atoms with Crippen molar-refractivity contribution in [2.75, 3.05) is 13.7 Å². The van der Waals surface area contributed by atoms with E-state index in [4.69, 9.17) is 4.74 Å². The number of nitrogens with zero attached hydrogens (tertiary/aromatic N) is 1. The first-order valence-electron chi connectivity index (χ1n) is 8.36. The Bertz CT molecular complexity index is 716. The number of para-hydroxylation sites is 1. The number of carbonyl (C=O) groups excluding carboxylic acids is 1. The molecule has 0 N–H and O–H groups in total. The highest BCUT2D eigenvalue weighted by Gasteiger charge is 2.29. The molecule has 1 heterocycles. The molecule has 4 heteroatoms. The highest BCUT2D eigenvalue weighted by Crippen LogP contribution is 2.33. The first-order valence-corrected chi connectivity index (χ1v) is 9.15. The number of hydrogen-bond acceptors (Lipinski definition) is 2. The van der Waals surface area contributed by atoms with Crippen molar-refractivity contribution in [3.63, 3.8) is 0 Å². The van der Waals surface area contributed by atoms with E-state index in [1.807, 2.05) is 41.3 Å². The summed E-state index contributed by atoms with van der Waals surface area (Å²) < 4.78 is 6.44. The number of aryl methyl sites for hydroxylation is 1. The highest BCUT2D eigenvalue weighted by atomic mass is 79.9. The van der Waals surface area contributed by atoms with Gasteiger partial charge in [-0.2, -0.15) is 0 Å². The summed E-state index contributed by atoms with van der Waals surface area (Å²) in [6.45, 7) is 0.849. The van der Waals surface area contributed by atoms with Crippen molar-refractivity contribution in [3.05, 3.63) is 64.1 Å². The van der Waals surface area contributed by atoms with Gasteiger partial charge >= 0.3 is 0 Å². The van der Waals surface area contributed by atoms with E-state index >= 15 is 0 Å². The van der Waals surface area contributed by atoms with E-state index in [9.17, 15) is 4.79 Å². The molecule has 1 aliphatic heterocycles. The number of ether oxygens (including phenoxy) is 1. The topological polar surface area (TPSA) is 29.5 Å². The quantitative estimate of drug-likeness (QED) is 0.740. The molecule has 24 heavy (non-hydrogen) atoms. The van der Waals surface area contributed by atoms with Crippen LogP contribution < -0.4 is 4.74 Å². The SMILES string of the molecule is COc1ccccc1CCC(=O)N1CCC[C@H]1c1cccc(Br)c1. The zero-order chi connectivity index (χ0) is 16.9. The van der Waals surface area contributed by atoms with Crippen molar-refractivity contribution in [1.29, 1.82) is 0 Å². The van der Waals surface area contributed by atoms with E-state index in [0.29, 0.717) is 12.8 Å². The lowest BCUT2D eigenvalue weighted by Gasteiger charge is -2.25. The first-order chi connectivity index (χ1) is 11.7. The molecule has 1 aliphatic rings. The van der Waals surface area contributed by atoms with Gasteiger partial charge in [-0.25, -0.2) is 0 Å². The summed E-state index contributed by atoms with van der Waals surface area (Å²) in [7, 11) is 1.67. The number of rotatable bonds is 5. The largest absolute Gasteiger partial charge is 0.496 e. The zero-order valence-electron chi connectivity index (χ0n) is 13.9. The minimum Gasteiger partial charge on any atom is -0.496 e. The van der Waals surface area contributed by atoms with Crippen LogP contribution in [0.2, 0.25) is 0 Å². The average molecular weight is 388 g/mol. The maximum absolute atomic E-state index is 12.8. The molecule has 126 valence electrons. The van der Waals surface area contributed by atoms with Gasteiger partial charge in [-0.3, -0.25) is 4.79 Å². The summed E-state index contributed by atoms with van der Waals surface area (Å²) >= 11 is 3.53. The number of methoxy groups -OCH3 is 1. The predicted octanol–water partition coefficient (Wildman–Crippen LogP) is 4.75. The molecule has 0 radical (unpaired) electrons. The molecular formula is C20H22BrNO2. The fourth-order valence-electron chi connectivity index (χ4n) is 3.42. The van der Waals surface area contributed by atoms with E-state index in [0.717, 1.165) is 35.2 Å². The standard InChI is InChI=1S/C20H22BrNO2/c1-24-19-10-3-2-6-15(19)11-12-20(23)22-13-5-9-18(22)16-7-4-8-17(21)14-16/h2-4,6-8,10,14,18H,5,9,11-13H2,1H3/t18-/m0/s1. The molecule has 1 amide bonds. The molecule has 0 unspecified atom stereocenters. The minimum absolute atomic E-state index is 0.202. The molecule has 3 rings (SSSR count). The van der Waals surface area contributed by atoms with Gasteiger partial charge in [-0.05, 0) is 48.6 Å². The summed E-state index contributed by atoms with van der Waals surface area (Å²) in [6, 6.07) is 16.4. The van der Waals surface area contributed by atoms with Crippen LogP contribution in [-0.2, 0) is 11.2 Å². The van der Waals surface area contributed by atoms with Crippen LogP contribution in [0.4, 0.5) is 0 Å². The summed E-state index contributed by atoms with van der Waals surface area (Å²) in [5.41, 5.74) is 2.30. The molecule has 0 bridgehead atoms. The fourth-order valence-corrected chi connectivity index (χ4v) is 3.84. The van der Waals surface area contributed by atoms with Crippen molar-refractivity contribution in [1.82, 2.24) is 4.90 Å². The number of carbonyl (C=O) groups is 1. The van der Waals surface area contributed by atoms with E-state index in [2.05, 4.69) is 28.1 Å². The monoisotopic (exact) mass is 387 g/mol. The molecule has 0 aliphatic carbocycles. The minimum atomic E-state index is 0.202. The average Bonchev–Trinajstić information content (AvgIpc) is 3.09. The molecular weight excluding hydrogens is 366 g/mol. The van der Waals surface area contributed by atoms with Gasteiger partial charge in [-0.15, -0.1) is 0 Å². The summed E-state index contributed by atoms with van der Waals surface area (Å²) in [4.78, 5) is 14.8. The van der Waals surface area contributed by atoms with Crippen LogP contribution in [0.5, 0.6) is 5.75 Å². The molecule has 2 aromatic rings. The lowest BCUT2D eigenvalue weighted by atomic mass is 10.0. The Hall–Kier alpha value is -1.81. The molecule has 0 saturated carbocycles. The second-order valence-electron chi connectivity index (χ2n) is 6.11. The molecule has 0 aromatic heterocycles. The van der Waals surface area contributed by atoms with E-state index < -0.39 is 0 Å². The number of amides is 1. The van der Waals surface area contributed by atoms with Crippen molar-refractivity contribution in [2.24, 2.45) is 0 Å². The third-order valence-electron chi connectivity index (χ3n) is 4.61. The lowest BCUT2D eigenvalue weighted by molar-refractivity contribution is -0.132. The van der Waals surface area contributed by atoms with Crippen molar-refractivity contribution >= 4 is 21.8 Å². The number of likely N-dealkylation sites (tertiary alicyclic amines) is 1. The normalized spacial score (nSPS) is 17.1. The maximum Gasteiger partial charge on any atom is 0.223 e. The molecule has 1 atom stereocenters. The zero-order valence-corrected chi connectivity index (χ0v) is 15.5. The second kappa shape index (κ2) is 7.84. The molecule has 2 aromatic carbocycles. The van der Waals surface area contributed by atoms with Crippen molar-refractivity contribution in [2.45, 2.75) is 31.7 Å². The van der Waals surface area contributed by atoms with Crippen molar-refractivity contribution < 1.29 is 9.53 Å². The van der Waals surface area contributed by atoms with Gasteiger partial charge in [0, 0.05) is 17.4 Å². The first kappa shape index (κ1) is 17.0. The fraction of sp³-hybridized carbons (Fsp3) is 0.350. The molecule has 3 nitrogen and oxygen atoms in total. The van der Waals surface area contributed by atoms with Gasteiger partial charge in [0.25, 0.3) is 0 Å². The van der Waals surface area contributed by atoms with Gasteiger partial charge in [0.1, 0.15) is 5.75 Å². The molecule has 1 saturated heterocycles. The number of hydrogen-bond donors (Lipinski definition) is 0.